The third-order valence-electron chi connectivity index (χ3n) is 10.8. The van der Waals surface area contributed by atoms with Gasteiger partial charge in [0.25, 0.3) is 0 Å². The number of rotatable bonds is 16. The number of nitrogens with zero attached hydrogens (tertiary/aromatic N) is 8. The molecule has 0 saturated carbocycles. The molecule has 0 radical (unpaired) electrons. The van der Waals surface area contributed by atoms with Gasteiger partial charge < -0.3 is 0 Å². The van der Waals surface area contributed by atoms with Gasteiger partial charge in [-0.3, -0.25) is 38.6 Å². The molecule has 12 rings (SSSR count). The normalized spacial score (nSPS) is 21.0. The predicted octanol–water partition coefficient (Wildman–Crippen LogP) is 6.74. The van der Waals surface area contributed by atoms with Gasteiger partial charge in [-0.05, 0) is 48.5 Å². The molecule has 61 heavy (non-hydrogen) atoms. The summed E-state index contributed by atoms with van der Waals surface area (Å²) in [5.41, 5.74) is 4.03. The van der Waals surface area contributed by atoms with Crippen molar-refractivity contribution in [3.63, 3.8) is 0 Å². The SMILES string of the molecule is [Mg+2].[OH+]=P(Nc1ccccc1)(N1CC1)N1CC1.[OH+]=P(Nc1ccccc1)(N1CC1)N1CC1.[OH+]=P(Nc1ccccc1)(N1CC1)N1CC1.[OH+]=P(Nc1ccccc1)(N1CC1)N1CC1. The summed E-state index contributed by atoms with van der Waals surface area (Å²) in [5.74, 6) is 0. The first-order valence-corrected chi connectivity index (χ1v) is 27.6. The van der Waals surface area contributed by atoms with Crippen LogP contribution >= 0.6 is 30.4 Å². The second-order valence-corrected chi connectivity index (χ2v) is 25.8. The maximum Gasteiger partial charge on any atom is 2.00 e. The molecule has 0 bridgehead atoms. The van der Waals surface area contributed by atoms with E-state index >= 15 is 0 Å². The van der Waals surface area contributed by atoms with E-state index in [2.05, 4.69) is 57.7 Å². The smallest absolute Gasteiger partial charge is 0.273 e. The van der Waals surface area contributed by atoms with Crippen LogP contribution in [0.5, 0.6) is 0 Å². The van der Waals surface area contributed by atoms with E-state index in [-0.39, 0.29) is 23.1 Å². The van der Waals surface area contributed by atoms with Crippen molar-refractivity contribution in [3.05, 3.63) is 121 Å². The number of para-hydroxylation sites is 4. The molecule has 8 fully saturated rings. The molecule has 8 aliphatic rings. The average molecular weight is 921 g/mol. The Labute approximate surface area is 376 Å². The van der Waals surface area contributed by atoms with Gasteiger partial charge in [0, 0.05) is 127 Å². The van der Waals surface area contributed by atoms with Crippen LogP contribution in [0, 0.1) is 0 Å². The van der Waals surface area contributed by atoms with Crippen molar-refractivity contribution >= 4 is 76.2 Å². The quantitative estimate of drug-likeness (QED) is 0.0407. The standard InChI is InChI=1S/4C10H14N3OP.Mg/c4*14-15(12-6-7-12,13-8-9-13)11-10-4-2-1-3-5-10;/h4*1-5H,6-9H2,(H,11,14);/q;;;;+2/p+4. The van der Waals surface area contributed by atoms with Gasteiger partial charge in [0.15, 0.2) is 0 Å². The fourth-order valence-electron chi connectivity index (χ4n) is 6.61. The summed E-state index contributed by atoms with van der Waals surface area (Å²) in [4.78, 5) is 0. The van der Waals surface area contributed by atoms with E-state index in [0.717, 1.165) is 127 Å². The molecule has 0 unspecified atom stereocenters. The van der Waals surface area contributed by atoms with Crippen molar-refractivity contribution in [1.82, 2.24) is 37.4 Å². The molecule has 8 N–H and O–H groups in total. The summed E-state index contributed by atoms with van der Waals surface area (Å²) in [6.45, 7) is 16.2. The van der Waals surface area contributed by atoms with E-state index in [0.29, 0.717) is 0 Å². The van der Waals surface area contributed by atoms with Crippen molar-refractivity contribution in [3.8, 4) is 0 Å². The number of benzene rings is 4. The molecule has 4 aromatic carbocycles. The van der Waals surface area contributed by atoms with Crippen molar-refractivity contribution in [2.75, 3.05) is 125 Å². The van der Waals surface area contributed by atoms with E-state index in [1.54, 1.807) is 0 Å². The average Bonchev–Trinajstić information content (AvgIpc) is 4.09. The number of nitrogens with one attached hydrogen (secondary N) is 4. The van der Waals surface area contributed by atoms with Gasteiger partial charge in [0.2, 0.25) is 0 Å². The van der Waals surface area contributed by atoms with Gasteiger partial charge >= 0.3 is 53.4 Å². The molecule has 0 aliphatic carbocycles. The van der Waals surface area contributed by atoms with Crippen LogP contribution in [0.25, 0.3) is 0 Å². The Balaban J connectivity index is 0.000000112. The molecule has 21 heteroatoms. The second kappa shape index (κ2) is 19.3. The van der Waals surface area contributed by atoms with E-state index in [1.807, 2.05) is 121 Å². The fourth-order valence-corrected chi connectivity index (χ4v) is 16.3. The van der Waals surface area contributed by atoms with Gasteiger partial charge in [-0.1, -0.05) is 72.8 Å². The molecular weight excluding hydrogens is 861 g/mol. The van der Waals surface area contributed by atoms with Gasteiger partial charge in [-0.25, -0.2) is 0 Å². The maximum absolute atomic E-state index is 10.6. The summed E-state index contributed by atoms with van der Waals surface area (Å²) in [6, 6.07) is 39.8. The third kappa shape index (κ3) is 12.0. The molecule has 0 atom stereocenters. The Bertz CT molecular complexity index is 1860. The van der Waals surface area contributed by atoms with E-state index in [4.69, 9.17) is 0 Å². The number of hydrogen-bond acceptors (Lipinski definition) is 0. The van der Waals surface area contributed by atoms with Crippen molar-refractivity contribution in [2.45, 2.75) is 0 Å². The van der Waals surface area contributed by atoms with E-state index < -0.39 is 30.4 Å². The summed E-state index contributed by atoms with van der Waals surface area (Å²) in [7, 11) is -8.78. The van der Waals surface area contributed by atoms with Crippen LogP contribution in [0.4, 0.5) is 22.7 Å². The van der Waals surface area contributed by atoms with Gasteiger partial charge in [-0.2, -0.15) is 37.4 Å². The molecule has 8 saturated heterocycles. The number of hydrogen-bond donors (Lipinski definition) is 4. The Morgan fingerprint density at radius 3 is 0.508 bits per heavy atom. The van der Waals surface area contributed by atoms with Crippen LogP contribution < -0.4 is 20.3 Å². The summed E-state index contributed by atoms with van der Waals surface area (Å²) in [6.07, 6.45) is 0. The fraction of sp³-hybridized carbons (Fsp3) is 0.400. The minimum atomic E-state index is -2.20. The molecule has 16 nitrogen and oxygen atoms in total. The zero-order valence-electron chi connectivity index (χ0n) is 34.7. The van der Waals surface area contributed by atoms with E-state index in [1.165, 1.54) is 0 Å². The Morgan fingerprint density at radius 1 is 0.262 bits per heavy atom. The monoisotopic (exact) mass is 920 g/mol. The Kier molecular flexibility index (Phi) is 14.2. The molecule has 8 aliphatic heterocycles. The molecular formula is C40H60MgN12O4P4+6. The van der Waals surface area contributed by atoms with Gasteiger partial charge in [0.1, 0.15) is 0 Å². The predicted molar refractivity (Wildman–Crippen MR) is 254 cm³/mol. The number of anilines is 4. The summed E-state index contributed by atoms with van der Waals surface area (Å²) >= 11 is 0. The van der Waals surface area contributed by atoms with Crippen LogP contribution in [0.3, 0.4) is 0 Å². The third-order valence-corrected chi connectivity index (χ3v) is 22.5. The minimum Gasteiger partial charge on any atom is -0.273 e. The summed E-state index contributed by atoms with van der Waals surface area (Å²) < 4.78 is 59.4. The van der Waals surface area contributed by atoms with Crippen LogP contribution in [0.15, 0.2) is 121 Å². The Hall–Kier alpha value is -2.55. The first-order valence-electron chi connectivity index (χ1n) is 21.0. The Morgan fingerprint density at radius 2 is 0.393 bits per heavy atom. The van der Waals surface area contributed by atoms with E-state index in [9.17, 15) is 18.3 Å². The van der Waals surface area contributed by atoms with Crippen molar-refractivity contribution < 1.29 is 18.3 Å². The minimum absolute atomic E-state index is 0. The van der Waals surface area contributed by atoms with Crippen molar-refractivity contribution in [1.29, 1.82) is 0 Å². The molecule has 8 heterocycles. The molecule has 0 amide bonds. The topological polar surface area (TPSA) is 158 Å². The first kappa shape index (κ1) is 45.0. The van der Waals surface area contributed by atoms with Crippen LogP contribution in [0.1, 0.15) is 0 Å². The van der Waals surface area contributed by atoms with Crippen molar-refractivity contribution in [2.24, 2.45) is 0 Å². The van der Waals surface area contributed by atoms with Gasteiger partial charge in [-0.15, -0.1) is 0 Å². The molecule has 0 spiro atoms. The zero-order valence-corrected chi connectivity index (χ0v) is 39.7. The van der Waals surface area contributed by atoms with Crippen LogP contribution in [-0.4, -0.2) is 183 Å². The second-order valence-electron chi connectivity index (χ2n) is 15.8. The molecule has 320 valence electrons. The molecule has 0 aromatic heterocycles. The zero-order chi connectivity index (χ0) is 41.2. The summed E-state index contributed by atoms with van der Waals surface area (Å²) in [5, 5.41) is 13.2. The van der Waals surface area contributed by atoms with Gasteiger partial charge in [0.05, 0.1) is 0 Å². The maximum atomic E-state index is 10.6. The van der Waals surface area contributed by atoms with Crippen LogP contribution in [0.2, 0.25) is 0 Å². The largest absolute Gasteiger partial charge is 2.00 e. The van der Waals surface area contributed by atoms with Crippen LogP contribution in [-0.2, 0) is 0 Å². The first-order chi connectivity index (χ1) is 29.2. The molecule has 4 aromatic rings.